The minimum atomic E-state index is 0.0514. The lowest BCUT2D eigenvalue weighted by molar-refractivity contribution is -0.121. The van der Waals surface area contributed by atoms with Gasteiger partial charge in [0.2, 0.25) is 0 Å². The van der Waals surface area contributed by atoms with Gasteiger partial charge in [0.25, 0.3) is 0 Å². The van der Waals surface area contributed by atoms with E-state index in [-0.39, 0.29) is 5.92 Å². The van der Waals surface area contributed by atoms with Crippen molar-refractivity contribution in [1.82, 2.24) is 0 Å². The molecule has 104 valence electrons. The fourth-order valence-electron chi connectivity index (χ4n) is 1.97. The van der Waals surface area contributed by atoms with Crippen molar-refractivity contribution in [2.24, 2.45) is 17.8 Å². The second-order valence-corrected chi connectivity index (χ2v) is 5.78. The van der Waals surface area contributed by atoms with Crippen molar-refractivity contribution < 1.29 is 4.79 Å². The molecule has 2 atom stereocenters. The molecule has 1 heteroatoms. The number of carbonyl (C=O) groups is 1. The zero-order valence-corrected chi connectivity index (χ0v) is 13.0. The van der Waals surface area contributed by atoms with Gasteiger partial charge in [-0.2, -0.15) is 0 Å². The molecule has 0 aliphatic rings. The number of carbonyl (C=O) groups excluding carboxylic acids is 1. The van der Waals surface area contributed by atoms with Crippen LogP contribution in [0.5, 0.6) is 0 Å². The largest absolute Gasteiger partial charge is 0.299 e. The lowest BCUT2D eigenvalue weighted by atomic mass is 9.91. The first kappa shape index (κ1) is 17.2. The predicted molar refractivity (Wildman–Crippen MR) is 80.6 cm³/mol. The van der Waals surface area contributed by atoms with Gasteiger partial charge in [0.05, 0.1) is 0 Å². The molecule has 0 radical (unpaired) electrons. The molecule has 0 aliphatic heterocycles. The van der Waals surface area contributed by atoms with E-state index in [2.05, 4.69) is 26.8 Å². The normalized spacial score (nSPS) is 16.3. The van der Waals surface area contributed by atoms with Gasteiger partial charge in [0, 0.05) is 12.3 Å². The molecule has 18 heavy (non-hydrogen) atoms. The Morgan fingerprint density at radius 2 is 1.78 bits per heavy atom. The molecule has 0 aromatic heterocycles. The highest BCUT2D eigenvalue weighted by molar-refractivity contribution is 5.82. The van der Waals surface area contributed by atoms with Crippen LogP contribution in [-0.2, 0) is 4.79 Å². The van der Waals surface area contributed by atoms with Crippen LogP contribution in [0.1, 0.15) is 60.8 Å². The van der Waals surface area contributed by atoms with Crippen molar-refractivity contribution in [2.75, 3.05) is 0 Å². The maximum atomic E-state index is 12.0. The highest BCUT2D eigenvalue weighted by atomic mass is 16.1. The Morgan fingerprint density at radius 1 is 1.17 bits per heavy atom. The van der Waals surface area contributed by atoms with Crippen molar-refractivity contribution in [3.8, 4) is 0 Å². The summed E-state index contributed by atoms with van der Waals surface area (Å²) in [5.74, 6) is 1.85. The van der Waals surface area contributed by atoms with Gasteiger partial charge in [-0.25, -0.2) is 0 Å². The average molecular weight is 250 g/mol. The van der Waals surface area contributed by atoms with E-state index in [0.717, 1.165) is 19.3 Å². The van der Waals surface area contributed by atoms with Crippen molar-refractivity contribution in [3.63, 3.8) is 0 Å². The Kier molecular flexibility index (Phi) is 8.70. The van der Waals surface area contributed by atoms with Crippen LogP contribution in [0, 0.1) is 17.8 Å². The van der Waals surface area contributed by atoms with Gasteiger partial charge < -0.3 is 0 Å². The van der Waals surface area contributed by atoms with E-state index in [1.165, 1.54) is 5.57 Å². The molecule has 0 aliphatic carbocycles. The van der Waals surface area contributed by atoms with Crippen LogP contribution in [-0.4, -0.2) is 5.78 Å². The molecule has 0 saturated carbocycles. The van der Waals surface area contributed by atoms with Gasteiger partial charge >= 0.3 is 0 Å². The van der Waals surface area contributed by atoms with Crippen LogP contribution < -0.4 is 0 Å². The second-order valence-electron chi connectivity index (χ2n) is 5.78. The standard InChI is InChI=1S/C17H30O/c1-7-9-14(4)12-16(6)17(18)11-8-10-15(5)13(2)3/h7,9,12-13,15-16H,8,10-11H2,1-6H3/b9-7+,14-12-. The summed E-state index contributed by atoms with van der Waals surface area (Å²) in [5, 5.41) is 0. The van der Waals surface area contributed by atoms with E-state index < -0.39 is 0 Å². The van der Waals surface area contributed by atoms with Gasteiger partial charge in [0.15, 0.2) is 0 Å². The Bertz CT molecular complexity index is 297. The van der Waals surface area contributed by atoms with Gasteiger partial charge in [-0.15, -0.1) is 0 Å². The molecule has 0 N–H and O–H groups in total. The Hall–Kier alpha value is -0.850. The molecule has 2 unspecified atom stereocenters. The Morgan fingerprint density at radius 3 is 2.28 bits per heavy atom. The fourth-order valence-corrected chi connectivity index (χ4v) is 1.97. The van der Waals surface area contributed by atoms with Crippen molar-refractivity contribution in [1.29, 1.82) is 0 Å². The lowest BCUT2D eigenvalue weighted by Crippen LogP contribution is -2.10. The lowest BCUT2D eigenvalue weighted by Gasteiger charge is -2.15. The highest BCUT2D eigenvalue weighted by Crippen LogP contribution is 2.18. The smallest absolute Gasteiger partial charge is 0.139 e. The number of ketones is 1. The maximum absolute atomic E-state index is 12.0. The zero-order chi connectivity index (χ0) is 14.1. The third-order valence-corrected chi connectivity index (χ3v) is 3.67. The van der Waals surface area contributed by atoms with E-state index in [0.29, 0.717) is 17.6 Å². The SMILES string of the molecule is C/C=C/C(C)=C\C(C)C(=O)CCCC(C)C(C)C. The van der Waals surface area contributed by atoms with Crippen LogP contribution in [0.4, 0.5) is 0 Å². The summed E-state index contributed by atoms with van der Waals surface area (Å²) in [5.41, 5.74) is 1.17. The van der Waals surface area contributed by atoms with E-state index >= 15 is 0 Å². The molecular formula is C17H30O. The summed E-state index contributed by atoms with van der Waals surface area (Å²) in [6.45, 7) is 12.8. The quantitative estimate of drug-likeness (QED) is 0.543. The molecule has 0 rings (SSSR count). The summed E-state index contributed by atoms with van der Waals surface area (Å²) in [4.78, 5) is 12.0. The average Bonchev–Trinajstić information content (AvgIpc) is 2.28. The van der Waals surface area contributed by atoms with Crippen LogP contribution in [0.2, 0.25) is 0 Å². The Labute approximate surface area is 113 Å². The van der Waals surface area contributed by atoms with E-state index in [1.807, 2.05) is 32.9 Å². The summed E-state index contributed by atoms with van der Waals surface area (Å²) in [6, 6.07) is 0. The van der Waals surface area contributed by atoms with Gasteiger partial charge in [-0.05, 0) is 32.1 Å². The summed E-state index contributed by atoms with van der Waals surface area (Å²) >= 11 is 0. The van der Waals surface area contributed by atoms with Gasteiger partial charge in [-0.1, -0.05) is 57.9 Å². The summed E-state index contributed by atoms with van der Waals surface area (Å²) in [6.07, 6.45) is 9.02. The molecule has 0 saturated heterocycles. The highest BCUT2D eigenvalue weighted by Gasteiger charge is 2.12. The molecule has 0 heterocycles. The molecule has 0 bridgehead atoms. The van der Waals surface area contributed by atoms with E-state index in [4.69, 9.17) is 0 Å². The number of rotatable bonds is 8. The first-order chi connectivity index (χ1) is 8.38. The molecular weight excluding hydrogens is 220 g/mol. The van der Waals surface area contributed by atoms with Crippen LogP contribution in [0.15, 0.2) is 23.8 Å². The molecule has 0 spiro atoms. The first-order valence-electron chi connectivity index (χ1n) is 7.22. The number of Topliss-reactive ketones (excluding diaryl/α,β-unsaturated/α-hetero) is 1. The topological polar surface area (TPSA) is 17.1 Å². The summed E-state index contributed by atoms with van der Waals surface area (Å²) < 4.78 is 0. The third kappa shape index (κ3) is 7.47. The second kappa shape index (κ2) is 9.13. The fraction of sp³-hybridized carbons (Fsp3) is 0.706. The van der Waals surface area contributed by atoms with Crippen LogP contribution in [0.3, 0.4) is 0 Å². The van der Waals surface area contributed by atoms with E-state index in [9.17, 15) is 4.79 Å². The predicted octanol–water partition coefficient (Wildman–Crippen LogP) is 5.18. The molecule has 1 nitrogen and oxygen atoms in total. The third-order valence-electron chi connectivity index (χ3n) is 3.67. The monoisotopic (exact) mass is 250 g/mol. The minimum absolute atomic E-state index is 0.0514. The molecule has 0 fully saturated rings. The van der Waals surface area contributed by atoms with Gasteiger partial charge in [-0.3, -0.25) is 4.79 Å². The van der Waals surface area contributed by atoms with Gasteiger partial charge in [0.1, 0.15) is 5.78 Å². The molecule has 0 aromatic carbocycles. The molecule has 0 amide bonds. The van der Waals surface area contributed by atoms with Crippen LogP contribution >= 0.6 is 0 Å². The van der Waals surface area contributed by atoms with Crippen molar-refractivity contribution >= 4 is 5.78 Å². The van der Waals surface area contributed by atoms with E-state index in [1.54, 1.807) is 0 Å². The summed E-state index contributed by atoms with van der Waals surface area (Å²) in [7, 11) is 0. The number of hydrogen-bond acceptors (Lipinski definition) is 1. The number of allylic oxidation sites excluding steroid dienone is 4. The first-order valence-corrected chi connectivity index (χ1v) is 7.22. The number of hydrogen-bond donors (Lipinski definition) is 0. The van der Waals surface area contributed by atoms with Crippen molar-refractivity contribution in [3.05, 3.63) is 23.8 Å². The zero-order valence-electron chi connectivity index (χ0n) is 13.0. The van der Waals surface area contributed by atoms with Crippen molar-refractivity contribution in [2.45, 2.75) is 60.8 Å². The maximum Gasteiger partial charge on any atom is 0.139 e. The van der Waals surface area contributed by atoms with Crippen LogP contribution in [0.25, 0.3) is 0 Å². The Balaban J connectivity index is 4.06. The molecule has 0 aromatic rings. The minimum Gasteiger partial charge on any atom is -0.299 e.